The molecule has 0 aliphatic heterocycles. The predicted molar refractivity (Wildman–Crippen MR) is 116 cm³/mol. The lowest BCUT2D eigenvalue weighted by Crippen LogP contribution is -2.30. The van der Waals surface area contributed by atoms with Gasteiger partial charge in [-0.3, -0.25) is 4.79 Å². The Balaban J connectivity index is 1.81. The van der Waals surface area contributed by atoms with Crippen molar-refractivity contribution in [2.75, 3.05) is 23.0 Å². The van der Waals surface area contributed by atoms with Crippen LogP contribution in [0.3, 0.4) is 0 Å². The minimum Gasteiger partial charge on any atom is -0.369 e. The Hall–Kier alpha value is -2.87. The molecule has 0 bridgehead atoms. The van der Waals surface area contributed by atoms with E-state index in [1.54, 1.807) is 24.3 Å². The van der Waals surface area contributed by atoms with Crippen LogP contribution in [0.2, 0.25) is 0 Å². The number of amides is 1. The molecule has 0 aliphatic carbocycles. The fourth-order valence-corrected chi connectivity index (χ4v) is 4.24. The van der Waals surface area contributed by atoms with Crippen molar-refractivity contribution in [1.29, 1.82) is 0 Å². The topological polar surface area (TPSA) is 84.3 Å². The van der Waals surface area contributed by atoms with Crippen molar-refractivity contribution in [2.45, 2.75) is 38.5 Å². The lowest BCUT2D eigenvalue weighted by molar-refractivity contribution is -0.116. The fraction of sp³-hybridized carbons (Fsp3) is 0.333. The van der Waals surface area contributed by atoms with Crippen LogP contribution < -0.4 is 10.2 Å². The number of rotatable bonds is 7. The van der Waals surface area contributed by atoms with Gasteiger partial charge in [-0.05, 0) is 57.2 Å². The highest BCUT2D eigenvalue weighted by Gasteiger charge is 2.21. The summed E-state index contributed by atoms with van der Waals surface area (Å²) in [4.78, 5) is 19.1. The van der Waals surface area contributed by atoms with Crippen molar-refractivity contribution in [3.05, 3.63) is 48.5 Å². The molecule has 8 heteroatoms. The van der Waals surface area contributed by atoms with E-state index in [0.717, 1.165) is 18.5 Å². The summed E-state index contributed by atoms with van der Waals surface area (Å²) in [6, 6.07) is 15.1. The van der Waals surface area contributed by atoms with E-state index >= 15 is 0 Å². The van der Waals surface area contributed by atoms with Gasteiger partial charge in [-0.2, -0.15) is 0 Å². The molecule has 0 atom stereocenters. The van der Waals surface area contributed by atoms with E-state index in [0.29, 0.717) is 22.8 Å². The third-order valence-corrected chi connectivity index (χ3v) is 5.67. The van der Waals surface area contributed by atoms with Gasteiger partial charge in [0.15, 0.2) is 0 Å². The molecule has 0 aliphatic rings. The fourth-order valence-electron chi connectivity index (χ4n) is 3.42. The number of hydrogen-bond acceptors (Lipinski definition) is 5. The van der Waals surface area contributed by atoms with Crippen LogP contribution in [0.4, 0.5) is 11.4 Å². The third kappa shape index (κ3) is 4.59. The molecule has 3 aromatic rings. The van der Waals surface area contributed by atoms with Gasteiger partial charge in [-0.25, -0.2) is 13.4 Å². The molecule has 2 aromatic carbocycles. The number of anilines is 2. The van der Waals surface area contributed by atoms with Crippen LogP contribution in [0.15, 0.2) is 53.7 Å². The minimum atomic E-state index is -3.57. The maximum absolute atomic E-state index is 12.6. The molecule has 3 rings (SSSR count). The van der Waals surface area contributed by atoms with Gasteiger partial charge in [-0.15, -0.1) is 0 Å². The second-order valence-corrected chi connectivity index (χ2v) is 9.13. The highest BCUT2D eigenvalue weighted by molar-refractivity contribution is 7.90. The summed E-state index contributed by atoms with van der Waals surface area (Å²) in [6.07, 6.45) is 1.09. The summed E-state index contributed by atoms with van der Waals surface area (Å²) in [5.74, 6) is -0.318. The second kappa shape index (κ2) is 8.24. The van der Waals surface area contributed by atoms with Crippen molar-refractivity contribution in [1.82, 2.24) is 9.55 Å². The van der Waals surface area contributed by atoms with Crippen LogP contribution in [0.5, 0.6) is 0 Å². The standard InChI is InChI=1S/C21H26N4O3S/c1-5-24(15(2)3)17-12-10-16(11-13-17)22-20(26)14-25-19-9-7-6-8-18(19)23-21(25)29(4,27)28/h6-13,15H,5,14H2,1-4H3,(H,22,26). The summed E-state index contributed by atoms with van der Waals surface area (Å²) < 4.78 is 25.7. The third-order valence-electron chi connectivity index (χ3n) is 4.70. The average molecular weight is 415 g/mol. The van der Waals surface area contributed by atoms with Gasteiger partial charge in [0.2, 0.25) is 20.9 Å². The number of nitrogens with one attached hydrogen (secondary N) is 1. The minimum absolute atomic E-state index is 0.111. The van der Waals surface area contributed by atoms with E-state index in [-0.39, 0.29) is 17.6 Å². The number of imidazole rings is 1. The first-order valence-electron chi connectivity index (χ1n) is 9.52. The number of aromatic nitrogens is 2. The highest BCUT2D eigenvalue weighted by atomic mass is 32.2. The SMILES string of the molecule is CCN(c1ccc(NC(=O)Cn2c(S(C)(=O)=O)nc3ccccc32)cc1)C(C)C. The van der Waals surface area contributed by atoms with E-state index < -0.39 is 9.84 Å². The van der Waals surface area contributed by atoms with Gasteiger partial charge in [0.05, 0.1) is 11.0 Å². The Kier molecular flexibility index (Phi) is 5.93. The molecule has 1 heterocycles. The van der Waals surface area contributed by atoms with Gasteiger partial charge in [0.25, 0.3) is 0 Å². The summed E-state index contributed by atoms with van der Waals surface area (Å²) in [7, 11) is -3.57. The maximum Gasteiger partial charge on any atom is 0.244 e. The maximum atomic E-state index is 12.6. The van der Waals surface area contributed by atoms with Crippen molar-refractivity contribution < 1.29 is 13.2 Å². The Morgan fingerprint density at radius 1 is 1.14 bits per heavy atom. The van der Waals surface area contributed by atoms with Gasteiger partial charge in [0.1, 0.15) is 6.54 Å². The van der Waals surface area contributed by atoms with Crippen LogP contribution in [0, 0.1) is 0 Å². The lowest BCUT2D eigenvalue weighted by Gasteiger charge is -2.27. The number of nitrogens with zero attached hydrogens (tertiary/aromatic N) is 3. The Bertz CT molecular complexity index is 1120. The molecule has 1 N–H and O–H groups in total. The number of hydrogen-bond donors (Lipinski definition) is 1. The number of sulfone groups is 1. The lowest BCUT2D eigenvalue weighted by atomic mass is 10.2. The quantitative estimate of drug-likeness (QED) is 0.641. The van der Waals surface area contributed by atoms with Gasteiger partial charge in [-0.1, -0.05) is 12.1 Å². The number of fused-ring (bicyclic) bond motifs is 1. The molecule has 0 unspecified atom stereocenters. The zero-order valence-corrected chi connectivity index (χ0v) is 17.9. The number of para-hydroxylation sites is 2. The molecule has 154 valence electrons. The van der Waals surface area contributed by atoms with E-state index in [1.165, 1.54) is 4.57 Å². The first kappa shape index (κ1) is 20.9. The van der Waals surface area contributed by atoms with E-state index in [4.69, 9.17) is 0 Å². The predicted octanol–water partition coefficient (Wildman–Crippen LogP) is 3.31. The summed E-state index contributed by atoms with van der Waals surface area (Å²) in [5, 5.41) is 2.72. The van der Waals surface area contributed by atoms with Crippen molar-refractivity contribution >= 4 is 38.2 Å². The monoisotopic (exact) mass is 414 g/mol. The molecule has 0 fully saturated rings. The van der Waals surface area contributed by atoms with Crippen LogP contribution in [-0.2, 0) is 21.2 Å². The summed E-state index contributed by atoms with van der Waals surface area (Å²) in [5.41, 5.74) is 2.89. The van der Waals surface area contributed by atoms with E-state index in [2.05, 4.69) is 36.0 Å². The summed E-state index contributed by atoms with van der Waals surface area (Å²) >= 11 is 0. The van der Waals surface area contributed by atoms with Crippen LogP contribution in [-0.4, -0.2) is 42.7 Å². The normalized spacial score (nSPS) is 11.8. The molecule has 0 radical (unpaired) electrons. The van der Waals surface area contributed by atoms with E-state index in [1.807, 2.05) is 24.3 Å². The largest absolute Gasteiger partial charge is 0.369 e. The molecule has 0 saturated heterocycles. The highest BCUT2D eigenvalue weighted by Crippen LogP contribution is 2.21. The van der Waals surface area contributed by atoms with Crippen LogP contribution in [0.25, 0.3) is 11.0 Å². The van der Waals surface area contributed by atoms with Crippen LogP contribution in [0.1, 0.15) is 20.8 Å². The first-order valence-corrected chi connectivity index (χ1v) is 11.4. The molecule has 7 nitrogen and oxygen atoms in total. The molecule has 1 amide bonds. The molecular weight excluding hydrogens is 388 g/mol. The van der Waals surface area contributed by atoms with E-state index in [9.17, 15) is 13.2 Å². The van der Waals surface area contributed by atoms with Crippen LogP contribution >= 0.6 is 0 Å². The number of carbonyl (C=O) groups is 1. The zero-order valence-electron chi connectivity index (χ0n) is 17.1. The average Bonchev–Trinajstić information content (AvgIpc) is 3.02. The first-order chi connectivity index (χ1) is 13.7. The molecular formula is C21H26N4O3S. The molecule has 29 heavy (non-hydrogen) atoms. The Morgan fingerprint density at radius 3 is 2.38 bits per heavy atom. The molecule has 0 spiro atoms. The molecule has 1 aromatic heterocycles. The Morgan fingerprint density at radius 2 is 1.79 bits per heavy atom. The molecule has 0 saturated carbocycles. The Labute approximate surface area is 171 Å². The van der Waals surface area contributed by atoms with Gasteiger partial charge >= 0.3 is 0 Å². The van der Waals surface area contributed by atoms with Crippen molar-refractivity contribution in [2.24, 2.45) is 0 Å². The second-order valence-electron chi connectivity index (χ2n) is 7.22. The van der Waals surface area contributed by atoms with Crippen molar-refractivity contribution in [3.8, 4) is 0 Å². The van der Waals surface area contributed by atoms with Gasteiger partial charge in [0, 0.05) is 30.2 Å². The smallest absolute Gasteiger partial charge is 0.244 e. The number of benzene rings is 2. The summed E-state index contributed by atoms with van der Waals surface area (Å²) in [6.45, 7) is 7.12. The van der Waals surface area contributed by atoms with Gasteiger partial charge < -0.3 is 14.8 Å². The van der Waals surface area contributed by atoms with Crippen molar-refractivity contribution in [3.63, 3.8) is 0 Å². The number of carbonyl (C=O) groups excluding carboxylic acids is 1. The zero-order chi connectivity index (χ0) is 21.2.